The SMILES string of the molecule is Cc1ccccc1C(=O)N/N=C/c1cccc(OCc2ccc(Br)cc2)c1. The highest BCUT2D eigenvalue weighted by Gasteiger charge is 2.06. The summed E-state index contributed by atoms with van der Waals surface area (Å²) in [5.74, 6) is 0.513. The number of rotatable bonds is 6. The fourth-order valence-corrected chi connectivity index (χ4v) is 2.75. The number of halogens is 1. The van der Waals surface area contributed by atoms with Crippen molar-refractivity contribution in [3.8, 4) is 5.75 Å². The molecule has 3 aromatic rings. The first-order valence-corrected chi connectivity index (χ1v) is 9.27. The highest BCUT2D eigenvalue weighted by Crippen LogP contribution is 2.16. The Kier molecular flexibility index (Phi) is 6.39. The van der Waals surface area contributed by atoms with Crippen LogP contribution in [0.2, 0.25) is 0 Å². The van der Waals surface area contributed by atoms with Crippen LogP contribution in [0.15, 0.2) is 82.4 Å². The molecule has 3 aromatic carbocycles. The Morgan fingerprint density at radius 2 is 1.85 bits per heavy atom. The molecule has 1 amide bonds. The average Bonchev–Trinajstić information content (AvgIpc) is 2.68. The third kappa shape index (κ3) is 5.53. The standard InChI is InChI=1S/C22H19BrN2O2/c1-16-5-2-3-8-21(16)22(26)25-24-14-18-6-4-7-20(13-18)27-15-17-9-11-19(23)12-10-17/h2-14H,15H2,1H3,(H,25,26)/b24-14+. The summed E-state index contributed by atoms with van der Waals surface area (Å²) in [5, 5.41) is 4.04. The van der Waals surface area contributed by atoms with E-state index in [1.165, 1.54) is 0 Å². The fourth-order valence-electron chi connectivity index (χ4n) is 2.49. The van der Waals surface area contributed by atoms with E-state index >= 15 is 0 Å². The number of benzene rings is 3. The van der Waals surface area contributed by atoms with Gasteiger partial charge in [0.05, 0.1) is 6.21 Å². The molecule has 0 aliphatic heterocycles. The predicted octanol–water partition coefficient (Wildman–Crippen LogP) is 5.10. The van der Waals surface area contributed by atoms with Crippen LogP contribution in [0.1, 0.15) is 27.0 Å². The molecule has 4 nitrogen and oxygen atoms in total. The number of hydrogen-bond acceptors (Lipinski definition) is 3. The second-order valence-corrected chi connectivity index (χ2v) is 6.92. The molecule has 0 aromatic heterocycles. The van der Waals surface area contributed by atoms with Crippen molar-refractivity contribution in [2.75, 3.05) is 0 Å². The van der Waals surface area contributed by atoms with Gasteiger partial charge < -0.3 is 4.74 Å². The molecule has 5 heteroatoms. The van der Waals surface area contributed by atoms with Gasteiger partial charge in [0.15, 0.2) is 0 Å². The van der Waals surface area contributed by atoms with Gasteiger partial charge in [-0.05, 0) is 53.9 Å². The Morgan fingerprint density at radius 3 is 2.63 bits per heavy atom. The molecule has 0 atom stereocenters. The zero-order valence-corrected chi connectivity index (χ0v) is 16.4. The first-order chi connectivity index (χ1) is 13.1. The van der Waals surface area contributed by atoms with E-state index in [0.29, 0.717) is 12.2 Å². The van der Waals surface area contributed by atoms with Gasteiger partial charge in [0, 0.05) is 10.0 Å². The topological polar surface area (TPSA) is 50.7 Å². The molecule has 0 spiro atoms. The van der Waals surface area contributed by atoms with Crippen LogP contribution in [-0.2, 0) is 6.61 Å². The van der Waals surface area contributed by atoms with Crippen LogP contribution >= 0.6 is 15.9 Å². The summed E-state index contributed by atoms with van der Waals surface area (Å²) in [6, 6.07) is 22.9. The van der Waals surface area contributed by atoms with Crippen LogP contribution in [0.5, 0.6) is 5.75 Å². The maximum atomic E-state index is 12.2. The van der Waals surface area contributed by atoms with Crippen molar-refractivity contribution in [1.82, 2.24) is 5.43 Å². The molecule has 136 valence electrons. The van der Waals surface area contributed by atoms with Gasteiger partial charge in [-0.3, -0.25) is 4.79 Å². The van der Waals surface area contributed by atoms with Crippen LogP contribution < -0.4 is 10.2 Å². The lowest BCUT2D eigenvalue weighted by molar-refractivity contribution is 0.0954. The second-order valence-electron chi connectivity index (χ2n) is 6.00. The van der Waals surface area contributed by atoms with Crippen molar-refractivity contribution in [3.63, 3.8) is 0 Å². The lowest BCUT2D eigenvalue weighted by atomic mass is 10.1. The number of ether oxygens (including phenoxy) is 1. The highest BCUT2D eigenvalue weighted by molar-refractivity contribution is 9.10. The Balaban J connectivity index is 1.58. The van der Waals surface area contributed by atoms with Gasteiger partial charge in [-0.15, -0.1) is 0 Å². The lowest BCUT2D eigenvalue weighted by Crippen LogP contribution is -2.18. The molecule has 27 heavy (non-hydrogen) atoms. The zero-order chi connectivity index (χ0) is 19.1. The van der Waals surface area contributed by atoms with Crippen molar-refractivity contribution in [3.05, 3.63) is 99.5 Å². The van der Waals surface area contributed by atoms with Crippen molar-refractivity contribution in [2.24, 2.45) is 5.10 Å². The molecular formula is C22H19BrN2O2. The minimum absolute atomic E-state index is 0.230. The van der Waals surface area contributed by atoms with E-state index in [4.69, 9.17) is 4.74 Å². The Hall–Kier alpha value is -2.92. The van der Waals surface area contributed by atoms with Crippen LogP contribution in [-0.4, -0.2) is 12.1 Å². The summed E-state index contributed by atoms with van der Waals surface area (Å²) in [7, 11) is 0. The van der Waals surface area contributed by atoms with Crippen molar-refractivity contribution in [2.45, 2.75) is 13.5 Å². The lowest BCUT2D eigenvalue weighted by Gasteiger charge is -2.07. The minimum atomic E-state index is -0.230. The number of aryl methyl sites for hydroxylation is 1. The maximum Gasteiger partial charge on any atom is 0.271 e. The summed E-state index contributed by atoms with van der Waals surface area (Å²) in [4.78, 5) is 12.2. The molecule has 0 bridgehead atoms. The monoisotopic (exact) mass is 422 g/mol. The molecule has 0 fully saturated rings. The molecule has 3 rings (SSSR count). The smallest absolute Gasteiger partial charge is 0.271 e. The van der Waals surface area contributed by atoms with Crippen molar-refractivity contribution >= 4 is 28.1 Å². The Bertz CT molecular complexity index is 953. The second kappa shape index (κ2) is 9.14. The summed E-state index contributed by atoms with van der Waals surface area (Å²) in [5.41, 5.74) is 6.01. The fraction of sp³-hybridized carbons (Fsp3) is 0.0909. The van der Waals surface area contributed by atoms with Gasteiger partial charge in [-0.25, -0.2) is 5.43 Å². The van der Waals surface area contributed by atoms with Crippen LogP contribution in [0.4, 0.5) is 0 Å². The van der Waals surface area contributed by atoms with Gasteiger partial charge >= 0.3 is 0 Å². The van der Waals surface area contributed by atoms with E-state index in [0.717, 1.165) is 26.9 Å². The summed E-state index contributed by atoms with van der Waals surface area (Å²) < 4.78 is 6.86. The highest BCUT2D eigenvalue weighted by atomic mass is 79.9. The third-order valence-corrected chi connectivity index (χ3v) is 4.47. The van der Waals surface area contributed by atoms with E-state index in [1.807, 2.05) is 73.7 Å². The van der Waals surface area contributed by atoms with Crippen molar-refractivity contribution < 1.29 is 9.53 Å². The largest absolute Gasteiger partial charge is 0.489 e. The summed E-state index contributed by atoms with van der Waals surface area (Å²) in [6.45, 7) is 2.38. The van der Waals surface area contributed by atoms with Crippen LogP contribution in [0.25, 0.3) is 0 Å². The number of hydrogen-bond donors (Lipinski definition) is 1. The molecule has 1 N–H and O–H groups in total. The average molecular weight is 423 g/mol. The molecule has 0 radical (unpaired) electrons. The molecule has 0 saturated heterocycles. The molecule has 0 aliphatic rings. The maximum absolute atomic E-state index is 12.2. The minimum Gasteiger partial charge on any atom is -0.489 e. The number of hydrazone groups is 1. The van der Waals surface area contributed by atoms with Gasteiger partial charge in [-0.2, -0.15) is 5.10 Å². The van der Waals surface area contributed by atoms with E-state index in [9.17, 15) is 4.79 Å². The van der Waals surface area contributed by atoms with Gasteiger partial charge in [0.25, 0.3) is 5.91 Å². The Morgan fingerprint density at radius 1 is 1.07 bits per heavy atom. The Labute approximate surface area is 167 Å². The first kappa shape index (κ1) is 18.9. The predicted molar refractivity (Wildman–Crippen MR) is 111 cm³/mol. The summed E-state index contributed by atoms with van der Waals surface area (Å²) >= 11 is 3.42. The van der Waals surface area contributed by atoms with Gasteiger partial charge in [0.2, 0.25) is 0 Å². The molecule has 0 unspecified atom stereocenters. The van der Waals surface area contributed by atoms with Crippen LogP contribution in [0.3, 0.4) is 0 Å². The van der Waals surface area contributed by atoms with Crippen LogP contribution in [0, 0.1) is 6.92 Å². The van der Waals surface area contributed by atoms with E-state index in [-0.39, 0.29) is 5.91 Å². The van der Waals surface area contributed by atoms with E-state index < -0.39 is 0 Å². The van der Waals surface area contributed by atoms with Gasteiger partial charge in [-0.1, -0.05) is 58.4 Å². The van der Waals surface area contributed by atoms with E-state index in [1.54, 1.807) is 12.3 Å². The van der Waals surface area contributed by atoms with Crippen molar-refractivity contribution in [1.29, 1.82) is 0 Å². The molecule has 0 heterocycles. The zero-order valence-electron chi connectivity index (χ0n) is 14.9. The van der Waals surface area contributed by atoms with Gasteiger partial charge in [0.1, 0.15) is 12.4 Å². The summed E-state index contributed by atoms with van der Waals surface area (Å²) in [6.07, 6.45) is 1.60. The number of amides is 1. The van der Waals surface area contributed by atoms with E-state index in [2.05, 4.69) is 26.5 Å². The third-order valence-electron chi connectivity index (χ3n) is 3.95. The normalized spacial score (nSPS) is 10.7. The quantitative estimate of drug-likeness (QED) is 0.443. The number of nitrogens with zero attached hydrogens (tertiary/aromatic N) is 1. The molecular weight excluding hydrogens is 404 g/mol. The number of nitrogens with one attached hydrogen (secondary N) is 1. The number of carbonyl (C=O) groups is 1. The molecule has 0 aliphatic carbocycles. The molecule has 0 saturated carbocycles. The first-order valence-electron chi connectivity index (χ1n) is 8.48. The number of carbonyl (C=O) groups excluding carboxylic acids is 1.